The van der Waals surface area contributed by atoms with Crippen molar-refractivity contribution in [1.82, 2.24) is 15.2 Å². The van der Waals surface area contributed by atoms with Crippen LogP contribution in [0, 0.1) is 0 Å². The Morgan fingerprint density at radius 1 is 1.86 bits per heavy atom. The van der Waals surface area contributed by atoms with Crippen molar-refractivity contribution < 1.29 is 0 Å². The summed E-state index contributed by atoms with van der Waals surface area (Å²) in [7, 11) is 0. The van der Waals surface area contributed by atoms with Gasteiger partial charge in [0.15, 0.2) is 0 Å². The maximum Gasteiger partial charge on any atom is 0.233 e. The van der Waals surface area contributed by atoms with Gasteiger partial charge in [-0.05, 0) is 0 Å². The summed E-state index contributed by atoms with van der Waals surface area (Å²) in [5, 5.41) is 5.99. The van der Waals surface area contributed by atoms with Crippen molar-refractivity contribution in [3.63, 3.8) is 0 Å². The zero-order valence-electron chi connectivity index (χ0n) is 3.35. The molecule has 0 saturated carbocycles. The normalized spacial score (nSPS) is 8.71. The number of H-pyrrole nitrogens is 1. The molecule has 4 nitrogen and oxygen atoms in total. The molecule has 38 valence electrons. The molecule has 0 amide bonds. The number of nitrogens with zero attached hydrogens (tertiary/aromatic N) is 2. The molecule has 0 aliphatic carbocycles. The molecular weight excluding hydrogens is 116 g/mol. The highest BCUT2D eigenvalue weighted by Crippen LogP contribution is 1.90. The highest BCUT2D eigenvalue weighted by Gasteiger charge is 1.84. The van der Waals surface area contributed by atoms with Crippen molar-refractivity contribution in [3.05, 3.63) is 6.33 Å². The van der Waals surface area contributed by atoms with E-state index in [0.29, 0.717) is 5.95 Å². The van der Waals surface area contributed by atoms with Crippen LogP contribution in [-0.2, 0) is 0 Å². The highest BCUT2D eigenvalue weighted by molar-refractivity contribution is 6.23. The van der Waals surface area contributed by atoms with Gasteiger partial charge in [-0.2, -0.15) is 10.1 Å². The fraction of sp³-hybridized carbons (Fsp3) is 0. The second-order valence-corrected chi connectivity index (χ2v) is 1.12. The number of hydrogen-bond donors (Lipinski definition) is 2. The first-order valence-electron chi connectivity index (χ1n) is 1.65. The molecule has 0 unspecified atom stereocenters. The Bertz CT molecular complexity index is 124. The number of hydrogen-bond acceptors (Lipinski definition) is 3. The number of rotatable bonds is 1. The van der Waals surface area contributed by atoms with Gasteiger partial charge in [0.05, 0.1) is 0 Å². The van der Waals surface area contributed by atoms with Gasteiger partial charge in [0.2, 0.25) is 5.95 Å². The summed E-state index contributed by atoms with van der Waals surface area (Å²) < 4.78 is 0. The minimum Gasteiger partial charge on any atom is -0.267 e. The van der Waals surface area contributed by atoms with Crippen LogP contribution in [0.15, 0.2) is 6.33 Å². The second-order valence-electron chi connectivity index (χ2n) is 0.929. The average molecular weight is 119 g/mol. The van der Waals surface area contributed by atoms with Gasteiger partial charge in [0, 0.05) is 11.8 Å². The van der Waals surface area contributed by atoms with Crippen LogP contribution >= 0.6 is 11.8 Å². The van der Waals surface area contributed by atoms with Crippen molar-refractivity contribution in [2.24, 2.45) is 0 Å². The molecule has 7 heavy (non-hydrogen) atoms. The maximum absolute atomic E-state index is 5.08. The van der Waals surface area contributed by atoms with Gasteiger partial charge in [-0.3, -0.25) is 4.84 Å². The number of aromatic nitrogens is 3. The number of nitrogens with one attached hydrogen (secondary N) is 2. The van der Waals surface area contributed by atoms with E-state index in [-0.39, 0.29) is 0 Å². The van der Waals surface area contributed by atoms with Gasteiger partial charge >= 0.3 is 0 Å². The standard InChI is InChI=1S/C2H3ClN4/c3-6-2-4-1-5-7-2/h1H,(H2,4,5,6,7). The smallest absolute Gasteiger partial charge is 0.233 e. The van der Waals surface area contributed by atoms with Crippen LogP contribution in [-0.4, -0.2) is 15.2 Å². The Balaban J connectivity index is 2.76. The summed E-state index contributed by atoms with van der Waals surface area (Å²) in [5.41, 5.74) is 0. The monoisotopic (exact) mass is 118 g/mol. The van der Waals surface area contributed by atoms with E-state index in [9.17, 15) is 0 Å². The molecule has 0 atom stereocenters. The molecule has 0 spiro atoms. The lowest BCUT2D eigenvalue weighted by Crippen LogP contribution is -1.80. The van der Waals surface area contributed by atoms with E-state index in [1.807, 2.05) is 0 Å². The van der Waals surface area contributed by atoms with Gasteiger partial charge < -0.3 is 0 Å². The van der Waals surface area contributed by atoms with Crippen molar-refractivity contribution in [2.75, 3.05) is 4.84 Å². The van der Waals surface area contributed by atoms with E-state index in [2.05, 4.69) is 20.0 Å². The van der Waals surface area contributed by atoms with Crippen LogP contribution in [0.25, 0.3) is 0 Å². The number of halogens is 1. The third-order valence-corrected chi connectivity index (χ3v) is 0.684. The molecule has 0 radical (unpaired) electrons. The minimum atomic E-state index is 0.460. The first kappa shape index (κ1) is 4.39. The minimum absolute atomic E-state index is 0.460. The van der Waals surface area contributed by atoms with Gasteiger partial charge in [0.1, 0.15) is 6.33 Å². The van der Waals surface area contributed by atoms with E-state index < -0.39 is 0 Å². The van der Waals surface area contributed by atoms with Crippen molar-refractivity contribution in [3.8, 4) is 0 Å². The van der Waals surface area contributed by atoms with Crippen LogP contribution in [0.3, 0.4) is 0 Å². The molecule has 1 aromatic heterocycles. The topological polar surface area (TPSA) is 53.6 Å². The molecule has 0 aromatic carbocycles. The van der Waals surface area contributed by atoms with Crippen molar-refractivity contribution in [2.45, 2.75) is 0 Å². The molecule has 0 bridgehead atoms. The van der Waals surface area contributed by atoms with Crippen LogP contribution in [0.2, 0.25) is 0 Å². The van der Waals surface area contributed by atoms with E-state index >= 15 is 0 Å². The van der Waals surface area contributed by atoms with Gasteiger partial charge in [0.25, 0.3) is 0 Å². The highest BCUT2D eigenvalue weighted by atomic mass is 35.5. The van der Waals surface area contributed by atoms with E-state index in [1.54, 1.807) is 0 Å². The average Bonchev–Trinajstić information content (AvgIpc) is 2.14. The van der Waals surface area contributed by atoms with E-state index in [4.69, 9.17) is 11.8 Å². The summed E-state index contributed by atoms with van der Waals surface area (Å²) in [5.74, 6) is 0.460. The van der Waals surface area contributed by atoms with Crippen LogP contribution in [0.1, 0.15) is 0 Å². The van der Waals surface area contributed by atoms with Gasteiger partial charge in [-0.1, -0.05) is 0 Å². The van der Waals surface area contributed by atoms with Crippen LogP contribution < -0.4 is 4.84 Å². The molecule has 0 aliphatic heterocycles. The molecule has 1 aromatic rings. The molecule has 5 heteroatoms. The van der Waals surface area contributed by atoms with Gasteiger partial charge in [-0.25, -0.2) is 5.10 Å². The molecule has 0 fully saturated rings. The Kier molecular flexibility index (Phi) is 1.12. The fourth-order valence-electron chi connectivity index (χ4n) is 0.251. The maximum atomic E-state index is 5.08. The first-order chi connectivity index (χ1) is 3.43. The summed E-state index contributed by atoms with van der Waals surface area (Å²) in [6.45, 7) is 0. The Morgan fingerprint density at radius 3 is 3.00 bits per heavy atom. The summed E-state index contributed by atoms with van der Waals surface area (Å²) in [4.78, 5) is 5.88. The quantitative estimate of drug-likeness (QED) is 0.524. The summed E-state index contributed by atoms with van der Waals surface area (Å²) in [6.07, 6.45) is 1.37. The van der Waals surface area contributed by atoms with Crippen LogP contribution in [0.4, 0.5) is 5.95 Å². The summed E-state index contributed by atoms with van der Waals surface area (Å²) in [6, 6.07) is 0. The van der Waals surface area contributed by atoms with E-state index in [1.165, 1.54) is 6.33 Å². The summed E-state index contributed by atoms with van der Waals surface area (Å²) >= 11 is 5.08. The number of anilines is 1. The van der Waals surface area contributed by atoms with Crippen molar-refractivity contribution >= 4 is 17.7 Å². The first-order valence-corrected chi connectivity index (χ1v) is 2.03. The Hall–Kier alpha value is -0.770. The van der Waals surface area contributed by atoms with Crippen LogP contribution in [0.5, 0.6) is 0 Å². The molecule has 2 N–H and O–H groups in total. The lowest BCUT2D eigenvalue weighted by atomic mass is 11.1. The molecular formula is C2H3ClN4. The second kappa shape index (κ2) is 1.79. The Labute approximate surface area is 45.0 Å². The largest absolute Gasteiger partial charge is 0.267 e. The Morgan fingerprint density at radius 2 is 2.71 bits per heavy atom. The predicted molar refractivity (Wildman–Crippen MR) is 25.9 cm³/mol. The SMILES string of the molecule is ClNc1ncn[nH]1. The third kappa shape index (κ3) is 0.806. The predicted octanol–water partition coefficient (Wildman–Crippen LogP) is 0.370. The fourth-order valence-corrected chi connectivity index (χ4v) is 0.342. The van der Waals surface area contributed by atoms with E-state index in [0.717, 1.165) is 0 Å². The molecule has 1 heterocycles. The lowest BCUT2D eigenvalue weighted by molar-refractivity contribution is 1.10. The lowest BCUT2D eigenvalue weighted by Gasteiger charge is -1.80. The third-order valence-electron chi connectivity index (χ3n) is 0.505. The van der Waals surface area contributed by atoms with Gasteiger partial charge in [-0.15, -0.1) is 0 Å². The molecule has 1 rings (SSSR count). The zero-order chi connectivity index (χ0) is 5.11. The number of aromatic amines is 1. The molecule has 0 aliphatic rings. The zero-order valence-corrected chi connectivity index (χ0v) is 4.11. The molecule has 0 saturated heterocycles. The van der Waals surface area contributed by atoms with Crippen molar-refractivity contribution in [1.29, 1.82) is 0 Å².